The van der Waals surface area contributed by atoms with Crippen LogP contribution in [0.5, 0.6) is 0 Å². The fourth-order valence-electron chi connectivity index (χ4n) is 2.15. The second-order valence-corrected chi connectivity index (χ2v) is 5.34. The van der Waals surface area contributed by atoms with Crippen LogP contribution in [-0.4, -0.2) is 29.6 Å². The molecule has 0 fully saturated rings. The molecule has 2 rings (SSSR count). The summed E-state index contributed by atoms with van der Waals surface area (Å²) in [4.78, 5) is 11.9. The van der Waals surface area contributed by atoms with Gasteiger partial charge in [0.1, 0.15) is 0 Å². The number of allylic oxidation sites excluding steroid dienone is 2. The number of rotatable bonds is 6. The minimum absolute atomic E-state index is 0.222. The van der Waals surface area contributed by atoms with Crippen LogP contribution in [0.1, 0.15) is 32.3 Å². The highest BCUT2D eigenvalue weighted by Gasteiger charge is 2.32. The fraction of sp³-hybridized carbons (Fsp3) is 0.389. The Morgan fingerprint density at radius 2 is 2.09 bits per heavy atom. The number of hydrogen-bond donors (Lipinski definition) is 1. The first-order valence-electron chi connectivity index (χ1n) is 7.56. The molecule has 0 amide bonds. The quantitative estimate of drug-likeness (QED) is 0.648. The Hall–Kier alpha value is -1.91. The van der Waals surface area contributed by atoms with Crippen LogP contribution >= 0.6 is 0 Å². The molecule has 0 aliphatic heterocycles. The summed E-state index contributed by atoms with van der Waals surface area (Å²) in [5, 5.41) is 10.4. The number of carbonyl (C=O) groups excluding carboxylic acids is 1. The molecule has 0 bridgehead atoms. The Morgan fingerprint density at radius 3 is 2.68 bits per heavy atom. The van der Waals surface area contributed by atoms with E-state index < -0.39 is 17.9 Å². The lowest BCUT2D eigenvalue weighted by atomic mass is 9.96. The lowest BCUT2D eigenvalue weighted by molar-refractivity contribution is -0.200. The summed E-state index contributed by atoms with van der Waals surface area (Å²) in [7, 11) is 0. The second kappa shape index (κ2) is 7.38. The van der Waals surface area contributed by atoms with Crippen molar-refractivity contribution >= 4 is 11.5 Å². The topological polar surface area (TPSA) is 55.8 Å². The first kappa shape index (κ1) is 16.5. The summed E-state index contributed by atoms with van der Waals surface area (Å²) in [6, 6.07) is 9.85. The van der Waals surface area contributed by atoms with Crippen LogP contribution in [-0.2, 0) is 14.3 Å². The van der Waals surface area contributed by atoms with Crippen LogP contribution in [0.2, 0.25) is 0 Å². The van der Waals surface area contributed by atoms with Gasteiger partial charge in [-0.15, -0.1) is 0 Å². The summed E-state index contributed by atoms with van der Waals surface area (Å²) >= 11 is 0. The minimum Gasteiger partial charge on any atom is -0.427 e. The summed E-state index contributed by atoms with van der Waals surface area (Å²) in [5.41, 5.74) is 2.06. The molecule has 0 heterocycles. The fourth-order valence-corrected chi connectivity index (χ4v) is 2.15. The average molecular weight is 302 g/mol. The smallest absolute Gasteiger partial charge is 0.337 e. The van der Waals surface area contributed by atoms with Crippen molar-refractivity contribution in [3.8, 4) is 0 Å². The van der Waals surface area contributed by atoms with Gasteiger partial charge < -0.3 is 14.6 Å². The molecular formula is C18H22O4. The highest BCUT2D eigenvalue weighted by Crippen LogP contribution is 2.28. The van der Waals surface area contributed by atoms with Gasteiger partial charge in [-0.05, 0) is 30.6 Å². The molecule has 1 aliphatic rings. The maximum absolute atomic E-state index is 11.9. The highest BCUT2D eigenvalue weighted by atomic mass is 16.7. The summed E-state index contributed by atoms with van der Waals surface area (Å²) in [6.07, 6.45) is 5.51. The monoisotopic (exact) mass is 302 g/mol. The molecule has 22 heavy (non-hydrogen) atoms. The van der Waals surface area contributed by atoms with Crippen LogP contribution < -0.4 is 0 Å². The third-order valence-electron chi connectivity index (χ3n) is 3.43. The summed E-state index contributed by atoms with van der Waals surface area (Å²) in [6.45, 7) is 4.08. The van der Waals surface area contributed by atoms with Gasteiger partial charge in [0.05, 0.1) is 0 Å². The Bertz CT molecular complexity index is 562. The third kappa shape index (κ3) is 4.29. The summed E-state index contributed by atoms with van der Waals surface area (Å²) < 4.78 is 10.5. The van der Waals surface area contributed by atoms with Crippen molar-refractivity contribution in [3.05, 3.63) is 54.1 Å². The zero-order chi connectivity index (χ0) is 16.0. The number of ether oxygens (including phenoxy) is 2. The van der Waals surface area contributed by atoms with E-state index in [2.05, 4.69) is 0 Å². The van der Waals surface area contributed by atoms with E-state index in [-0.39, 0.29) is 6.42 Å². The van der Waals surface area contributed by atoms with Crippen molar-refractivity contribution < 1.29 is 19.4 Å². The standard InChI is InChI=1S/C18H22O4/c1-3-13-21-14(2)17(19)22-18(20)11-9-16(10-12-18)15-7-5-4-6-8-15/h4-11,14,20H,3,12-13H2,1-2H3/t14-,18?/m0/s1. The first-order chi connectivity index (χ1) is 10.5. The van der Waals surface area contributed by atoms with Gasteiger partial charge in [-0.2, -0.15) is 0 Å². The molecule has 1 aliphatic carbocycles. The van der Waals surface area contributed by atoms with Crippen molar-refractivity contribution in [2.24, 2.45) is 0 Å². The van der Waals surface area contributed by atoms with E-state index in [1.54, 1.807) is 13.0 Å². The van der Waals surface area contributed by atoms with Gasteiger partial charge in [-0.25, -0.2) is 4.79 Å². The number of benzene rings is 1. The molecule has 0 saturated heterocycles. The molecule has 0 radical (unpaired) electrons. The lowest BCUT2D eigenvalue weighted by Crippen LogP contribution is -2.37. The van der Waals surface area contributed by atoms with E-state index in [4.69, 9.17) is 9.47 Å². The molecule has 1 aromatic rings. The van der Waals surface area contributed by atoms with Gasteiger partial charge in [0.2, 0.25) is 5.79 Å². The maximum atomic E-state index is 11.9. The molecule has 0 saturated carbocycles. The Balaban J connectivity index is 1.96. The molecular weight excluding hydrogens is 280 g/mol. The number of aliphatic hydroxyl groups is 1. The van der Waals surface area contributed by atoms with Gasteiger partial charge in [-0.1, -0.05) is 49.4 Å². The Labute approximate surface area is 131 Å². The molecule has 1 aromatic carbocycles. The van der Waals surface area contributed by atoms with E-state index in [1.165, 1.54) is 6.08 Å². The molecule has 0 aromatic heterocycles. The maximum Gasteiger partial charge on any atom is 0.337 e. The van der Waals surface area contributed by atoms with Crippen LogP contribution in [0.15, 0.2) is 48.6 Å². The zero-order valence-corrected chi connectivity index (χ0v) is 13.0. The number of hydrogen-bond acceptors (Lipinski definition) is 4. The normalized spacial score (nSPS) is 22.0. The predicted octanol–water partition coefficient (Wildman–Crippen LogP) is 3.08. The number of esters is 1. The second-order valence-electron chi connectivity index (χ2n) is 5.34. The Kier molecular flexibility index (Phi) is 5.52. The first-order valence-corrected chi connectivity index (χ1v) is 7.56. The predicted molar refractivity (Wildman–Crippen MR) is 84.9 cm³/mol. The third-order valence-corrected chi connectivity index (χ3v) is 3.43. The summed E-state index contributed by atoms with van der Waals surface area (Å²) in [5.74, 6) is -2.16. The highest BCUT2D eigenvalue weighted by molar-refractivity contribution is 5.77. The molecule has 4 nitrogen and oxygen atoms in total. The van der Waals surface area contributed by atoms with E-state index in [0.717, 1.165) is 17.6 Å². The molecule has 4 heteroatoms. The van der Waals surface area contributed by atoms with Gasteiger partial charge in [0.25, 0.3) is 0 Å². The van der Waals surface area contributed by atoms with Crippen molar-refractivity contribution in [2.45, 2.75) is 38.6 Å². The van der Waals surface area contributed by atoms with Crippen LogP contribution in [0.25, 0.3) is 5.57 Å². The molecule has 0 spiro atoms. The molecule has 1 unspecified atom stereocenters. The number of carbonyl (C=O) groups is 1. The van der Waals surface area contributed by atoms with Crippen LogP contribution in [0, 0.1) is 0 Å². The van der Waals surface area contributed by atoms with Crippen molar-refractivity contribution in [3.63, 3.8) is 0 Å². The lowest BCUT2D eigenvalue weighted by Gasteiger charge is -2.27. The molecule has 2 atom stereocenters. The zero-order valence-electron chi connectivity index (χ0n) is 13.0. The van der Waals surface area contributed by atoms with E-state index in [1.807, 2.05) is 43.3 Å². The Morgan fingerprint density at radius 1 is 1.36 bits per heavy atom. The van der Waals surface area contributed by atoms with Gasteiger partial charge in [0.15, 0.2) is 6.10 Å². The van der Waals surface area contributed by atoms with Gasteiger partial charge >= 0.3 is 5.97 Å². The SMILES string of the molecule is CCCO[C@@H](C)C(=O)OC1(O)C=CC(c2ccccc2)=CC1. The molecule has 118 valence electrons. The average Bonchev–Trinajstić information content (AvgIpc) is 2.53. The van der Waals surface area contributed by atoms with Crippen molar-refractivity contribution in [1.82, 2.24) is 0 Å². The van der Waals surface area contributed by atoms with Gasteiger partial charge in [-0.3, -0.25) is 0 Å². The van der Waals surface area contributed by atoms with E-state index in [0.29, 0.717) is 6.61 Å². The van der Waals surface area contributed by atoms with Crippen molar-refractivity contribution in [2.75, 3.05) is 6.61 Å². The largest absolute Gasteiger partial charge is 0.427 e. The molecule has 1 N–H and O–H groups in total. The van der Waals surface area contributed by atoms with Crippen LogP contribution in [0.4, 0.5) is 0 Å². The van der Waals surface area contributed by atoms with Crippen molar-refractivity contribution in [1.29, 1.82) is 0 Å². The minimum atomic E-state index is -1.60. The van der Waals surface area contributed by atoms with E-state index in [9.17, 15) is 9.90 Å². The van der Waals surface area contributed by atoms with E-state index >= 15 is 0 Å². The van der Waals surface area contributed by atoms with Crippen LogP contribution in [0.3, 0.4) is 0 Å². The van der Waals surface area contributed by atoms with Gasteiger partial charge in [0, 0.05) is 13.0 Å².